The van der Waals surface area contributed by atoms with Crippen LogP contribution in [0.2, 0.25) is 0 Å². The molecule has 1 N–H and O–H groups in total. The Balaban J connectivity index is 1.62. The summed E-state index contributed by atoms with van der Waals surface area (Å²) in [5, 5.41) is 5.93. The molecule has 0 saturated carbocycles. The molecule has 4 rings (SSSR count). The zero-order valence-electron chi connectivity index (χ0n) is 17.2. The fourth-order valence-corrected chi connectivity index (χ4v) is 3.43. The zero-order valence-corrected chi connectivity index (χ0v) is 18.8. The Morgan fingerprint density at radius 3 is 2.31 bits per heavy atom. The van der Waals surface area contributed by atoms with Crippen LogP contribution in [0.4, 0.5) is 0 Å². The summed E-state index contributed by atoms with van der Waals surface area (Å²) in [6.07, 6.45) is 1.50. The topological polar surface area (TPSA) is 67.8 Å². The number of hydrazone groups is 1. The summed E-state index contributed by atoms with van der Waals surface area (Å²) >= 11 is 3.35. The lowest BCUT2D eigenvalue weighted by Gasteiger charge is -2.11. The number of benzene rings is 4. The molecule has 4 aromatic rings. The summed E-state index contributed by atoms with van der Waals surface area (Å²) in [6.45, 7) is 1.95. The minimum Gasteiger partial charge on any atom is -0.422 e. The van der Waals surface area contributed by atoms with Gasteiger partial charge in [0.05, 0.1) is 11.8 Å². The van der Waals surface area contributed by atoms with Crippen molar-refractivity contribution in [1.29, 1.82) is 0 Å². The molecule has 0 aliphatic carbocycles. The zero-order chi connectivity index (χ0) is 22.5. The molecule has 0 fully saturated rings. The van der Waals surface area contributed by atoms with Gasteiger partial charge < -0.3 is 4.74 Å². The van der Waals surface area contributed by atoms with E-state index in [1.165, 1.54) is 6.21 Å². The van der Waals surface area contributed by atoms with E-state index < -0.39 is 5.97 Å². The molecule has 5 nitrogen and oxygen atoms in total. The van der Waals surface area contributed by atoms with Crippen LogP contribution >= 0.6 is 15.9 Å². The second-order valence-electron chi connectivity index (χ2n) is 7.16. The third-order valence-corrected chi connectivity index (χ3v) is 5.42. The molecule has 6 heteroatoms. The van der Waals surface area contributed by atoms with Crippen LogP contribution in [0.25, 0.3) is 10.8 Å². The summed E-state index contributed by atoms with van der Waals surface area (Å²) in [4.78, 5) is 25.0. The van der Waals surface area contributed by atoms with Crippen LogP contribution in [-0.2, 0) is 0 Å². The molecule has 158 valence electrons. The predicted molar refractivity (Wildman–Crippen MR) is 129 cm³/mol. The van der Waals surface area contributed by atoms with Gasteiger partial charge in [0, 0.05) is 15.6 Å². The Morgan fingerprint density at radius 2 is 1.56 bits per heavy atom. The first-order chi connectivity index (χ1) is 15.5. The summed E-state index contributed by atoms with van der Waals surface area (Å²) < 4.78 is 6.57. The number of rotatable bonds is 5. The van der Waals surface area contributed by atoms with Crippen LogP contribution in [0.3, 0.4) is 0 Å². The molecule has 0 aromatic heterocycles. The molecule has 1 amide bonds. The average molecular weight is 487 g/mol. The standard InChI is InChI=1S/C26H19BrN2O3/c1-17-6-8-20(9-7-17)26(31)32-24-15-12-18-4-2-3-5-22(18)23(24)16-28-29-25(30)19-10-13-21(27)14-11-19/h2-16H,1H3,(H,29,30)/b28-16+. The number of aryl methyl sites for hydroxylation is 1. The molecule has 0 radical (unpaired) electrons. The minimum atomic E-state index is -0.464. The van der Waals surface area contributed by atoms with Gasteiger partial charge in [0.2, 0.25) is 0 Å². The molecule has 0 aliphatic heterocycles. The van der Waals surface area contributed by atoms with Gasteiger partial charge in [0.15, 0.2) is 0 Å². The third-order valence-electron chi connectivity index (χ3n) is 4.89. The summed E-state index contributed by atoms with van der Waals surface area (Å²) in [5.74, 6) is -0.447. The molecular weight excluding hydrogens is 468 g/mol. The highest BCUT2D eigenvalue weighted by Crippen LogP contribution is 2.27. The number of fused-ring (bicyclic) bond motifs is 1. The Kier molecular flexibility index (Phi) is 6.42. The number of carbonyl (C=O) groups excluding carboxylic acids is 2. The first kappa shape index (κ1) is 21.5. The van der Waals surface area contributed by atoms with Gasteiger partial charge in [-0.15, -0.1) is 0 Å². The van der Waals surface area contributed by atoms with E-state index in [1.807, 2.05) is 49.4 Å². The lowest BCUT2D eigenvalue weighted by Crippen LogP contribution is -2.17. The Labute approximate surface area is 193 Å². The second kappa shape index (κ2) is 9.58. The monoisotopic (exact) mass is 486 g/mol. The van der Waals surface area contributed by atoms with Crippen LogP contribution in [0, 0.1) is 6.92 Å². The first-order valence-electron chi connectivity index (χ1n) is 9.91. The SMILES string of the molecule is Cc1ccc(C(=O)Oc2ccc3ccccc3c2/C=N/NC(=O)c2ccc(Br)cc2)cc1. The normalized spacial score (nSPS) is 10.9. The Morgan fingerprint density at radius 1 is 0.875 bits per heavy atom. The van der Waals surface area contributed by atoms with E-state index in [0.717, 1.165) is 20.8 Å². The van der Waals surface area contributed by atoms with Crippen LogP contribution in [0.15, 0.2) is 94.5 Å². The number of halogens is 1. The number of nitrogens with zero attached hydrogens (tertiary/aromatic N) is 1. The molecule has 0 saturated heterocycles. The van der Waals surface area contributed by atoms with Crippen molar-refractivity contribution in [2.45, 2.75) is 6.92 Å². The van der Waals surface area contributed by atoms with Gasteiger partial charge in [-0.2, -0.15) is 5.10 Å². The van der Waals surface area contributed by atoms with Crippen molar-refractivity contribution in [2.24, 2.45) is 5.10 Å². The van der Waals surface area contributed by atoms with Crippen molar-refractivity contribution in [3.63, 3.8) is 0 Å². The third kappa shape index (κ3) is 4.92. The highest BCUT2D eigenvalue weighted by molar-refractivity contribution is 9.10. The Hall–Kier alpha value is -3.77. The highest BCUT2D eigenvalue weighted by atomic mass is 79.9. The number of nitrogens with one attached hydrogen (secondary N) is 1. The summed E-state index contributed by atoms with van der Waals surface area (Å²) in [6, 6.07) is 25.4. The molecule has 0 heterocycles. The van der Waals surface area contributed by atoms with Crippen molar-refractivity contribution in [2.75, 3.05) is 0 Å². The van der Waals surface area contributed by atoms with Crippen LogP contribution in [0.5, 0.6) is 5.75 Å². The highest BCUT2D eigenvalue weighted by Gasteiger charge is 2.13. The second-order valence-corrected chi connectivity index (χ2v) is 8.08. The van der Waals surface area contributed by atoms with Gasteiger partial charge in [-0.1, -0.05) is 64.0 Å². The van der Waals surface area contributed by atoms with Gasteiger partial charge >= 0.3 is 5.97 Å². The lowest BCUT2D eigenvalue weighted by molar-refractivity contribution is 0.0734. The largest absolute Gasteiger partial charge is 0.422 e. The average Bonchev–Trinajstić information content (AvgIpc) is 2.81. The number of amides is 1. The van der Waals surface area contributed by atoms with Crippen LogP contribution < -0.4 is 10.2 Å². The molecule has 0 atom stereocenters. The molecule has 4 aromatic carbocycles. The van der Waals surface area contributed by atoms with E-state index in [4.69, 9.17) is 4.74 Å². The van der Waals surface area contributed by atoms with E-state index in [0.29, 0.717) is 22.4 Å². The lowest BCUT2D eigenvalue weighted by atomic mass is 10.0. The molecule has 0 unspecified atom stereocenters. The van der Waals surface area contributed by atoms with E-state index in [9.17, 15) is 9.59 Å². The number of carbonyl (C=O) groups is 2. The Bertz CT molecular complexity index is 1310. The van der Waals surface area contributed by atoms with Gasteiger partial charge in [0.25, 0.3) is 5.91 Å². The number of hydrogen-bond donors (Lipinski definition) is 1. The van der Waals surface area contributed by atoms with Crippen molar-refractivity contribution in [3.8, 4) is 5.75 Å². The minimum absolute atomic E-state index is 0.341. The maximum atomic E-state index is 12.7. The number of esters is 1. The molecule has 0 aliphatic rings. The fraction of sp³-hybridized carbons (Fsp3) is 0.0385. The van der Waals surface area contributed by atoms with Gasteiger partial charge in [-0.25, -0.2) is 10.2 Å². The van der Waals surface area contributed by atoms with Crippen molar-refractivity contribution >= 4 is 44.8 Å². The predicted octanol–water partition coefficient (Wildman–Crippen LogP) is 5.89. The number of hydrogen-bond acceptors (Lipinski definition) is 4. The summed E-state index contributed by atoms with van der Waals surface area (Å²) in [7, 11) is 0. The molecule has 0 bridgehead atoms. The maximum Gasteiger partial charge on any atom is 0.343 e. The van der Waals surface area contributed by atoms with Crippen LogP contribution in [-0.4, -0.2) is 18.1 Å². The molecule has 0 spiro atoms. The smallest absolute Gasteiger partial charge is 0.343 e. The van der Waals surface area contributed by atoms with E-state index >= 15 is 0 Å². The molecule has 32 heavy (non-hydrogen) atoms. The first-order valence-corrected chi connectivity index (χ1v) is 10.7. The van der Waals surface area contributed by atoms with Crippen LogP contribution in [0.1, 0.15) is 31.8 Å². The van der Waals surface area contributed by atoms with E-state index in [-0.39, 0.29) is 5.91 Å². The van der Waals surface area contributed by atoms with Gasteiger partial charge in [0.1, 0.15) is 5.75 Å². The van der Waals surface area contributed by atoms with Crippen molar-refractivity contribution in [1.82, 2.24) is 5.43 Å². The van der Waals surface area contributed by atoms with Crippen molar-refractivity contribution in [3.05, 3.63) is 112 Å². The quantitative estimate of drug-likeness (QED) is 0.165. The maximum absolute atomic E-state index is 12.7. The van der Waals surface area contributed by atoms with E-state index in [2.05, 4.69) is 26.5 Å². The summed E-state index contributed by atoms with van der Waals surface area (Å²) in [5.41, 5.74) is 5.11. The number of ether oxygens (including phenoxy) is 1. The fourth-order valence-electron chi connectivity index (χ4n) is 3.17. The molecular formula is C26H19BrN2O3. The van der Waals surface area contributed by atoms with E-state index in [1.54, 1.807) is 42.5 Å². The van der Waals surface area contributed by atoms with Gasteiger partial charge in [-0.3, -0.25) is 4.79 Å². The van der Waals surface area contributed by atoms with Crippen molar-refractivity contribution < 1.29 is 14.3 Å². The van der Waals surface area contributed by atoms with Gasteiger partial charge in [-0.05, 0) is 60.2 Å².